The number of methoxy groups -OCH3 is 1. The summed E-state index contributed by atoms with van der Waals surface area (Å²) in [4.78, 5) is 32.9. The highest BCUT2D eigenvalue weighted by atomic mass is 32.1. The summed E-state index contributed by atoms with van der Waals surface area (Å²) >= 11 is 1.28. The van der Waals surface area contributed by atoms with Crippen molar-refractivity contribution in [3.05, 3.63) is 89.0 Å². The van der Waals surface area contributed by atoms with Gasteiger partial charge in [-0.2, -0.15) is 0 Å². The van der Waals surface area contributed by atoms with Crippen LogP contribution in [0.2, 0.25) is 0 Å². The number of nitrogens with zero attached hydrogens (tertiary/aromatic N) is 2. The lowest BCUT2D eigenvalue weighted by Crippen LogP contribution is -2.29. The predicted octanol–water partition coefficient (Wildman–Crippen LogP) is 5.64. The first kappa shape index (κ1) is 23.6. The number of rotatable bonds is 6. The van der Waals surface area contributed by atoms with E-state index in [0.717, 1.165) is 10.3 Å². The maximum atomic E-state index is 13.5. The summed E-state index contributed by atoms with van der Waals surface area (Å²) in [5.41, 5.74) is 2.70. The largest absolute Gasteiger partial charge is 0.507 e. The van der Waals surface area contributed by atoms with E-state index in [9.17, 15) is 14.7 Å². The molecule has 0 bridgehead atoms. The fourth-order valence-corrected chi connectivity index (χ4v) is 5.36. The number of ether oxygens (including phenoxy) is 2. The van der Waals surface area contributed by atoms with Crippen LogP contribution in [0.15, 0.2) is 72.3 Å². The second kappa shape index (κ2) is 9.47. The minimum atomic E-state index is -0.922. The summed E-state index contributed by atoms with van der Waals surface area (Å²) in [7, 11) is 1.53. The van der Waals surface area contributed by atoms with Gasteiger partial charge in [-0.3, -0.25) is 14.5 Å². The van der Waals surface area contributed by atoms with Crippen LogP contribution in [-0.2, 0) is 9.59 Å². The summed E-state index contributed by atoms with van der Waals surface area (Å²) in [5.74, 6) is -0.597. The molecular weight excluding hydrogens is 476 g/mol. The van der Waals surface area contributed by atoms with Crippen LogP contribution in [0, 0.1) is 6.92 Å². The van der Waals surface area contributed by atoms with Crippen molar-refractivity contribution < 1.29 is 24.2 Å². The lowest BCUT2D eigenvalue weighted by atomic mass is 9.94. The Balaban J connectivity index is 1.72. The van der Waals surface area contributed by atoms with Gasteiger partial charge in [0.15, 0.2) is 5.13 Å². The van der Waals surface area contributed by atoms with E-state index in [1.165, 1.54) is 23.3 Å². The third-order valence-electron chi connectivity index (χ3n) is 6.07. The summed E-state index contributed by atoms with van der Waals surface area (Å²) in [6.45, 7) is 4.36. The van der Waals surface area contributed by atoms with Crippen LogP contribution in [0.1, 0.15) is 29.7 Å². The van der Waals surface area contributed by atoms with Crippen molar-refractivity contribution in [1.29, 1.82) is 0 Å². The number of aromatic nitrogens is 1. The SMILES string of the molecule is CCOc1ccc2nc(N3C(=O)C(=O)C(=C(O)c4ccc(C)cc4)[C@@H]3c3ccccc3OC)sc2c1. The van der Waals surface area contributed by atoms with Crippen LogP contribution >= 0.6 is 11.3 Å². The topological polar surface area (TPSA) is 89.0 Å². The Kier molecular flexibility index (Phi) is 6.20. The first-order chi connectivity index (χ1) is 17.4. The molecule has 2 heterocycles. The molecule has 0 unspecified atom stereocenters. The van der Waals surface area contributed by atoms with E-state index in [2.05, 4.69) is 4.98 Å². The third kappa shape index (κ3) is 3.99. The van der Waals surface area contributed by atoms with Crippen molar-refractivity contribution in [3.63, 3.8) is 0 Å². The summed E-state index contributed by atoms with van der Waals surface area (Å²) in [5, 5.41) is 11.6. The summed E-state index contributed by atoms with van der Waals surface area (Å²) in [6, 6.07) is 18.9. The van der Waals surface area contributed by atoms with Gasteiger partial charge in [0.25, 0.3) is 5.78 Å². The van der Waals surface area contributed by atoms with Gasteiger partial charge in [-0.1, -0.05) is 59.4 Å². The molecule has 0 saturated carbocycles. The van der Waals surface area contributed by atoms with Gasteiger partial charge in [0.1, 0.15) is 23.3 Å². The number of carbonyl (C=O) groups is 2. The number of amides is 1. The fraction of sp³-hybridized carbons (Fsp3) is 0.179. The van der Waals surface area contributed by atoms with Crippen LogP contribution in [0.5, 0.6) is 11.5 Å². The molecule has 182 valence electrons. The molecule has 4 aromatic rings. The minimum Gasteiger partial charge on any atom is -0.507 e. The molecule has 1 saturated heterocycles. The van der Waals surface area contributed by atoms with Gasteiger partial charge in [-0.25, -0.2) is 4.98 Å². The second-order valence-electron chi connectivity index (χ2n) is 8.34. The second-order valence-corrected chi connectivity index (χ2v) is 9.35. The average Bonchev–Trinajstić information content (AvgIpc) is 3.42. The smallest absolute Gasteiger partial charge is 0.301 e. The van der Waals surface area contributed by atoms with Crippen molar-refractivity contribution in [3.8, 4) is 11.5 Å². The van der Waals surface area contributed by atoms with Gasteiger partial charge in [0.05, 0.1) is 29.5 Å². The highest BCUT2D eigenvalue weighted by Crippen LogP contribution is 2.46. The number of aliphatic hydroxyl groups excluding tert-OH is 1. The Morgan fingerprint density at radius 2 is 1.83 bits per heavy atom. The number of Topliss-reactive ketones (excluding diaryl/α,β-unsaturated/α-hetero) is 1. The lowest BCUT2D eigenvalue weighted by molar-refractivity contribution is -0.132. The molecular formula is C28H24N2O5S. The molecule has 8 heteroatoms. The van der Waals surface area contributed by atoms with Crippen molar-refractivity contribution >= 4 is 44.1 Å². The van der Waals surface area contributed by atoms with Crippen molar-refractivity contribution in [2.75, 3.05) is 18.6 Å². The number of thiazole rings is 1. The van der Waals surface area contributed by atoms with Crippen molar-refractivity contribution in [2.24, 2.45) is 0 Å². The number of aliphatic hydroxyl groups is 1. The van der Waals surface area contributed by atoms with E-state index in [-0.39, 0.29) is 11.3 Å². The molecule has 5 rings (SSSR count). The molecule has 1 aromatic heterocycles. The van der Waals surface area contributed by atoms with Crippen LogP contribution in [0.3, 0.4) is 0 Å². The monoisotopic (exact) mass is 500 g/mol. The lowest BCUT2D eigenvalue weighted by Gasteiger charge is -2.24. The summed E-state index contributed by atoms with van der Waals surface area (Å²) < 4.78 is 12.0. The predicted molar refractivity (Wildman–Crippen MR) is 140 cm³/mol. The molecule has 3 aromatic carbocycles. The van der Waals surface area contributed by atoms with Crippen LogP contribution in [0.25, 0.3) is 16.0 Å². The zero-order chi connectivity index (χ0) is 25.4. The van der Waals surface area contributed by atoms with Gasteiger partial charge in [0, 0.05) is 11.1 Å². The highest BCUT2D eigenvalue weighted by molar-refractivity contribution is 7.22. The van der Waals surface area contributed by atoms with E-state index in [1.807, 2.05) is 44.2 Å². The van der Waals surface area contributed by atoms with Gasteiger partial charge in [-0.15, -0.1) is 0 Å². The highest BCUT2D eigenvalue weighted by Gasteiger charge is 2.49. The number of carbonyl (C=O) groups excluding carboxylic acids is 2. The molecule has 1 N–H and O–H groups in total. The number of fused-ring (bicyclic) bond motifs is 1. The molecule has 36 heavy (non-hydrogen) atoms. The molecule has 1 fully saturated rings. The number of anilines is 1. The maximum Gasteiger partial charge on any atom is 0.301 e. The maximum absolute atomic E-state index is 13.5. The fourth-order valence-electron chi connectivity index (χ4n) is 4.34. The molecule has 1 aliphatic heterocycles. The first-order valence-electron chi connectivity index (χ1n) is 11.5. The average molecular weight is 501 g/mol. The number of hydrogen-bond donors (Lipinski definition) is 1. The molecule has 1 amide bonds. The Morgan fingerprint density at radius 3 is 2.56 bits per heavy atom. The molecule has 0 spiro atoms. The zero-order valence-corrected chi connectivity index (χ0v) is 20.8. The zero-order valence-electron chi connectivity index (χ0n) is 20.0. The molecule has 1 aliphatic rings. The molecule has 1 atom stereocenters. The van der Waals surface area contributed by atoms with E-state index in [4.69, 9.17) is 9.47 Å². The number of ketones is 1. The number of para-hydroxylation sites is 1. The van der Waals surface area contributed by atoms with Crippen LogP contribution in [0.4, 0.5) is 5.13 Å². The minimum absolute atomic E-state index is 0.0115. The third-order valence-corrected chi connectivity index (χ3v) is 7.09. The van der Waals surface area contributed by atoms with Gasteiger partial charge in [-0.05, 0) is 38.1 Å². The molecule has 0 radical (unpaired) electrons. The Hall–Kier alpha value is -4.17. The number of hydrogen-bond acceptors (Lipinski definition) is 7. The Morgan fingerprint density at radius 1 is 1.08 bits per heavy atom. The van der Waals surface area contributed by atoms with Crippen molar-refractivity contribution in [2.45, 2.75) is 19.9 Å². The summed E-state index contributed by atoms with van der Waals surface area (Å²) in [6.07, 6.45) is 0. The van der Waals surface area contributed by atoms with Crippen LogP contribution < -0.4 is 14.4 Å². The van der Waals surface area contributed by atoms with E-state index >= 15 is 0 Å². The molecule has 7 nitrogen and oxygen atoms in total. The number of benzene rings is 3. The first-order valence-corrected chi connectivity index (χ1v) is 12.3. The van der Waals surface area contributed by atoms with E-state index in [1.54, 1.807) is 36.4 Å². The van der Waals surface area contributed by atoms with E-state index in [0.29, 0.717) is 39.9 Å². The van der Waals surface area contributed by atoms with E-state index < -0.39 is 17.7 Å². The molecule has 0 aliphatic carbocycles. The van der Waals surface area contributed by atoms with Gasteiger partial charge >= 0.3 is 5.91 Å². The Labute approximate surface area is 212 Å². The van der Waals surface area contributed by atoms with Crippen LogP contribution in [-0.4, -0.2) is 35.5 Å². The van der Waals surface area contributed by atoms with Gasteiger partial charge in [0.2, 0.25) is 0 Å². The quantitative estimate of drug-likeness (QED) is 0.209. The Bertz CT molecular complexity index is 1510. The van der Waals surface area contributed by atoms with Gasteiger partial charge < -0.3 is 14.6 Å². The standard InChI is InChI=1S/C28H24N2O5S/c1-4-35-18-13-14-20-22(15-18)36-28(29-20)30-24(19-7-5-6-8-21(19)34-3)23(26(32)27(30)33)25(31)17-11-9-16(2)10-12-17/h5-15,24,31H,4H2,1-3H3/t24-/m0/s1. The van der Waals surface area contributed by atoms with Crippen molar-refractivity contribution in [1.82, 2.24) is 4.98 Å². The number of aryl methyl sites for hydroxylation is 1. The normalized spacial score (nSPS) is 17.1.